The van der Waals surface area contributed by atoms with Gasteiger partial charge >= 0.3 is 0 Å². The molecule has 1 unspecified atom stereocenters. The summed E-state index contributed by atoms with van der Waals surface area (Å²) >= 11 is 1.65. The van der Waals surface area contributed by atoms with Gasteiger partial charge < -0.3 is 19.3 Å². The highest BCUT2D eigenvalue weighted by atomic mass is 32.1. The molecule has 1 aliphatic rings. The number of thiophene rings is 1. The molecule has 166 valence electrons. The molecule has 1 fully saturated rings. The van der Waals surface area contributed by atoms with Crippen LogP contribution in [-0.2, 0) is 18.4 Å². The molecule has 0 radical (unpaired) electrons. The molecule has 0 aliphatic carbocycles. The Labute approximate surface area is 191 Å². The van der Waals surface area contributed by atoms with Gasteiger partial charge in [-0.05, 0) is 24.3 Å². The molecule has 5 rings (SSSR count). The van der Waals surface area contributed by atoms with Crippen LogP contribution in [0, 0.1) is 5.92 Å². The van der Waals surface area contributed by atoms with Gasteiger partial charge in [0.15, 0.2) is 5.82 Å². The molecule has 1 aromatic carbocycles. The Bertz CT molecular complexity index is 1200. The predicted octanol–water partition coefficient (Wildman–Crippen LogP) is 4.19. The Balaban J connectivity index is 1.47. The van der Waals surface area contributed by atoms with E-state index >= 15 is 0 Å². The van der Waals surface area contributed by atoms with Gasteiger partial charge in [0.1, 0.15) is 29.2 Å². The average molecular weight is 450 g/mol. The highest BCUT2D eigenvalue weighted by Crippen LogP contribution is 2.40. The molecule has 8 heteroatoms. The summed E-state index contributed by atoms with van der Waals surface area (Å²) in [5.74, 6) is 2.58. The van der Waals surface area contributed by atoms with Crippen molar-refractivity contribution in [2.75, 3.05) is 25.1 Å². The Morgan fingerprint density at radius 1 is 1.19 bits per heavy atom. The van der Waals surface area contributed by atoms with E-state index in [0.717, 1.165) is 47.8 Å². The van der Waals surface area contributed by atoms with E-state index in [1.54, 1.807) is 24.6 Å². The van der Waals surface area contributed by atoms with Gasteiger partial charge in [0.05, 0.1) is 5.39 Å². The van der Waals surface area contributed by atoms with Crippen LogP contribution in [0.4, 0.5) is 5.82 Å². The smallest absolute Gasteiger partial charge is 0.158 e. The van der Waals surface area contributed by atoms with Crippen molar-refractivity contribution < 1.29 is 9.84 Å². The molecule has 0 saturated carbocycles. The number of benzene rings is 1. The number of imidazole rings is 1. The molecular weight excluding hydrogens is 422 g/mol. The Morgan fingerprint density at radius 3 is 2.66 bits per heavy atom. The number of rotatable bonds is 6. The van der Waals surface area contributed by atoms with Crippen LogP contribution in [0.3, 0.4) is 0 Å². The zero-order valence-electron chi connectivity index (χ0n) is 18.3. The number of nitrogens with zero attached hydrogens (tertiary/aromatic N) is 5. The van der Waals surface area contributed by atoms with Crippen LogP contribution >= 0.6 is 11.3 Å². The van der Waals surface area contributed by atoms with Crippen molar-refractivity contribution in [2.24, 2.45) is 13.0 Å². The number of fused-ring (bicyclic) bond motifs is 1. The van der Waals surface area contributed by atoms with E-state index < -0.39 is 6.10 Å². The van der Waals surface area contributed by atoms with Gasteiger partial charge in [-0.25, -0.2) is 15.0 Å². The zero-order valence-corrected chi connectivity index (χ0v) is 19.1. The van der Waals surface area contributed by atoms with Crippen molar-refractivity contribution in [1.29, 1.82) is 0 Å². The molecule has 1 N–H and O–H groups in total. The van der Waals surface area contributed by atoms with Gasteiger partial charge in [0.25, 0.3) is 0 Å². The normalized spacial score (nSPS) is 16.0. The van der Waals surface area contributed by atoms with Crippen molar-refractivity contribution in [2.45, 2.75) is 25.6 Å². The summed E-state index contributed by atoms with van der Waals surface area (Å²) in [5, 5.41) is 14.1. The number of ether oxygens (including phenoxy) is 1. The van der Waals surface area contributed by atoms with E-state index in [2.05, 4.69) is 39.5 Å². The van der Waals surface area contributed by atoms with Gasteiger partial charge in [-0.15, -0.1) is 11.3 Å². The third-order valence-electron chi connectivity index (χ3n) is 6.23. The van der Waals surface area contributed by atoms with Crippen molar-refractivity contribution in [3.05, 3.63) is 59.8 Å². The highest BCUT2D eigenvalue weighted by Gasteiger charge is 2.30. The molecule has 4 heterocycles. The van der Waals surface area contributed by atoms with Gasteiger partial charge in [0.2, 0.25) is 0 Å². The van der Waals surface area contributed by atoms with Gasteiger partial charge in [-0.3, -0.25) is 0 Å². The maximum Gasteiger partial charge on any atom is 0.158 e. The van der Waals surface area contributed by atoms with Crippen LogP contribution in [-0.4, -0.2) is 44.8 Å². The first-order valence-electron chi connectivity index (χ1n) is 10.9. The van der Waals surface area contributed by atoms with Crippen molar-refractivity contribution >= 4 is 27.4 Å². The van der Waals surface area contributed by atoms with Crippen molar-refractivity contribution in [1.82, 2.24) is 19.5 Å². The number of hydrogen-bond donors (Lipinski definition) is 1. The number of aliphatic hydroxyl groups is 1. The maximum absolute atomic E-state index is 10.9. The lowest BCUT2D eigenvalue weighted by Gasteiger charge is -2.35. The SMILES string of the molecule is COCc1nc(N2CCC(C(O)c3nccn3C)CC2)c2c(-c3ccccc3)csc2n1. The first-order chi connectivity index (χ1) is 15.7. The highest BCUT2D eigenvalue weighted by molar-refractivity contribution is 7.17. The second-order valence-corrected chi connectivity index (χ2v) is 9.12. The second-order valence-electron chi connectivity index (χ2n) is 8.26. The number of anilines is 1. The monoisotopic (exact) mass is 449 g/mol. The van der Waals surface area contributed by atoms with E-state index in [1.165, 1.54) is 11.1 Å². The molecule has 1 atom stereocenters. The molecule has 1 saturated heterocycles. The van der Waals surface area contributed by atoms with Crippen LogP contribution < -0.4 is 4.90 Å². The fourth-order valence-corrected chi connectivity index (χ4v) is 5.48. The third kappa shape index (κ3) is 3.90. The lowest BCUT2D eigenvalue weighted by Crippen LogP contribution is -2.37. The van der Waals surface area contributed by atoms with E-state index in [9.17, 15) is 5.11 Å². The van der Waals surface area contributed by atoms with Gasteiger partial charge in [-0.2, -0.15) is 0 Å². The summed E-state index contributed by atoms with van der Waals surface area (Å²) in [5.41, 5.74) is 2.34. The largest absolute Gasteiger partial charge is 0.385 e. The Kier molecular flexibility index (Phi) is 5.91. The molecule has 0 bridgehead atoms. The minimum Gasteiger partial charge on any atom is -0.385 e. The molecule has 1 aliphatic heterocycles. The van der Waals surface area contributed by atoms with Crippen molar-refractivity contribution in [3.8, 4) is 11.1 Å². The lowest BCUT2D eigenvalue weighted by atomic mass is 9.90. The lowest BCUT2D eigenvalue weighted by molar-refractivity contribution is 0.0824. The molecular formula is C24H27N5O2S. The maximum atomic E-state index is 10.9. The summed E-state index contributed by atoms with van der Waals surface area (Å²) in [6.45, 7) is 2.04. The molecule has 0 amide bonds. The first kappa shape index (κ1) is 21.1. The number of methoxy groups -OCH3 is 1. The van der Waals surface area contributed by atoms with Gasteiger partial charge in [-0.1, -0.05) is 30.3 Å². The zero-order chi connectivity index (χ0) is 22.1. The van der Waals surface area contributed by atoms with E-state index in [4.69, 9.17) is 14.7 Å². The predicted molar refractivity (Wildman–Crippen MR) is 127 cm³/mol. The molecule has 3 aromatic heterocycles. The summed E-state index contributed by atoms with van der Waals surface area (Å²) in [6, 6.07) is 10.4. The van der Waals surface area contributed by atoms with Crippen LogP contribution in [0.25, 0.3) is 21.3 Å². The van der Waals surface area contributed by atoms with E-state index in [0.29, 0.717) is 12.4 Å². The Morgan fingerprint density at radius 2 is 1.97 bits per heavy atom. The topological polar surface area (TPSA) is 76.3 Å². The first-order valence-corrected chi connectivity index (χ1v) is 11.8. The standard InChI is InChI=1S/C24H27N5O2S/c1-28-13-10-25-23(28)21(30)17-8-11-29(12-9-17)22-20-18(16-6-4-3-5-7-16)15-32-24(20)27-19(26-22)14-31-2/h3-7,10,13,15,17,21,30H,8-9,11-12,14H2,1-2H3. The van der Waals surface area contributed by atoms with Crippen LogP contribution in [0.5, 0.6) is 0 Å². The number of aryl methyl sites for hydroxylation is 1. The van der Waals surface area contributed by atoms with E-state index in [-0.39, 0.29) is 5.92 Å². The van der Waals surface area contributed by atoms with E-state index in [1.807, 2.05) is 23.9 Å². The van der Waals surface area contributed by atoms with Crippen LogP contribution in [0.15, 0.2) is 48.1 Å². The van der Waals surface area contributed by atoms with Crippen LogP contribution in [0.2, 0.25) is 0 Å². The molecule has 0 spiro atoms. The minimum absolute atomic E-state index is 0.180. The fourth-order valence-electron chi connectivity index (χ4n) is 4.52. The average Bonchev–Trinajstić information content (AvgIpc) is 3.45. The number of aliphatic hydroxyl groups excluding tert-OH is 1. The molecule has 32 heavy (non-hydrogen) atoms. The second kappa shape index (κ2) is 8.97. The van der Waals surface area contributed by atoms with Crippen LogP contribution in [0.1, 0.15) is 30.6 Å². The summed E-state index contributed by atoms with van der Waals surface area (Å²) in [4.78, 5) is 17.3. The summed E-state index contributed by atoms with van der Waals surface area (Å²) < 4.78 is 7.23. The fraction of sp³-hybridized carbons (Fsp3) is 0.375. The van der Waals surface area contributed by atoms with Gasteiger partial charge in [0, 0.05) is 50.6 Å². The Hall–Kier alpha value is -2.81. The molecule has 7 nitrogen and oxygen atoms in total. The number of piperidine rings is 1. The minimum atomic E-state index is -0.548. The quantitative estimate of drug-likeness (QED) is 0.476. The van der Waals surface area contributed by atoms with Crippen molar-refractivity contribution in [3.63, 3.8) is 0 Å². The summed E-state index contributed by atoms with van der Waals surface area (Å²) in [7, 11) is 3.60. The summed E-state index contributed by atoms with van der Waals surface area (Å²) in [6.07, 6.45) is 4.83. The number of hydrogen-bond acceptors (Lipinski definition) is 7. The number of aromatic nitrogens is 4. The molecule has 4 aromatic rings. The third-order valence-corrected chi connectivity index (χ3v) is 7.10.